The molecule has 2 aromatic carbocycles. The van der Waals surface area contributed by atoms with Crippen LogP contribution in [0, 0.1) is 5.92 Å². The van der Waals surface area contributed by atoms with Gasteiger partial charge in [0.1, 0.15) is 11.5 Å². The third-order valence-corrected chi connectivity index (χ3v) is 7.97. The molecule has 2 aliphatic rings. The molecule has 0 atom stereocenters. The van der Waals surface area contributed by atoms with E-state index >= 15 is 0 Å². The summed E-state index contributed by atoms with van der Waals surface area (Å²) in [5.74, 6) is 3.78. The van der Waals surface area contributed by atoms with Crippen LogP contribution < -0.4 is 0 Å². The molecular weight excluding hydrogens is 284 g/mol. The summed E-state index contributed by atoms with van der Waals surface area (Å²) in [6.45, 7) is 0. The molecule has 0 nitrogen and oxygen atoms in total. The molecule has 1 saturated carbocycles. The van der Waals surface area contributed by atoms with Gasteiger partial charge in [-0.1, -0.05) is 50.3 Å². The molecular formula is C21H27S+. The number of benzene rings is 2. The van der Waals surface area contributed by atoms with Crippen molar-refractivity contribution in [2.75, 3.05) is 11.5 Å². The Kier molecular flexibility index (Phi) is 4.43. The fraction of sp³-hybridized carbons (Fsp3) is 0.524. The van der Waals surface area contributed by atoms with Gasteiger partial charge in [0, 0.05) is 17.0 Å². The van der Waals surface area contributed by atoms with E-state index in [0.29, 0.717) is 10.9 Å². The first kappa shape index (κ1) is 14.6. The lowest BCUT2D eigenvalue weighted by molar-refractivity contribution is 0.357. The average molecular weight is 312 g/mol. The van der Waals surface area contributed by atoms with Crippen molar-refractivity contribution in [1.82, 2.24) is 0 Å². The van der Waals surface area contributed by atoms with Crippen LogP contribution in [0.3, 0.4) is 0 Å². The van der Waals surface area contributed by atoms with Crippen LogP contribution in [0.25, 0.3) is 10.8 Å². The Hall–Kier alpha value is -0.950. The number of fused-ring (bicyclic) bond motifs is 1. The molecule has 0 bridgehead atoms. The number of rotatable bonds is 3. The SMILES string of the molecule is c1cc2cc([S+]3CCCC3)ccc2cc1CC1CCCCC1. The number of hydrogen-bond donors (Lipinski definition) is 0. The van der Waals surface area contributed by atoms with Crippen molar-refractivity contribution in [2.45, 2.75) is 56.3 Å². The van der Waals surface area contributed by atoms with Crippen molar-refractivity contribution in [3.05, 3.63) is 42.0 Å². The fourth-order valence-electron chi connectivity index (χ4n) is 4.19. The van der Waals surface area contributed by atoms with Crippen LogP contribution in [0.4, 0.5) is 0 Å². The fourth-order valence-corrected chi connectivity index (χ4v) is 6.53. The van der Waals surface area contributed by atoms with Crippen LogP contribution in [-0.4, -0.2) is 11.5 Å². The molecule has 1 saturated heterocycles. The molecule has 0 radical (unpaired) electrons. The van der Waals surface area contributed by atoms with Crippen molar-refractivity contribution in [3.8, 4) is 0 Å². The zero-order chi connectivity index (χ0) is 14.8. The highest BCUT2D eigenvalue weighted by molar-refractivity contribution is 7.97. The third kappa shape index (κ3) is 3.20. The van der Waals surface area contributed by atoms with Crippen molar-refractivity contribution >= 4 is 21.7 Å². The maximum atomic E-state index is 2.47. The zero-order valence-corrected chi connectivity index (χ0v) is 14.3. The van der Waals surface area contributed by atoms with E-state index in [9.17, 15) is 0 Å². The molecule has 1 heteroatoms. The van der Waals surface area contributed by atoms with Crippen molar-refractivity contribution in [2.24, 2.45) is 5.92 Å². The van der Waals surface area contributed by atoms with E-state index in [1.807, 2.05) is 0 Å². The van der Waals surface area contributed by atoms with Gasteiger partial charge < -0.3 is 0 Å². The molecule has 0 N–H and O–H groups in total. The van der Waals surface area contributed by atoms with E-state index in [2.05, 4.69) is 36.4 Å². The quantitative estimate of drug-likeness (QED) is 0.635. The van der Waals surface area contributed by atoms with E-state index in [4.69, 9.17) is 0 Å². The topological polar surface area (TPSA) is 0 Å². The van der Waals surface area contributed by atoms with Gasteiger partial charge in [0.25, 0.3) is 0 Å². The first-order valence-corrected chi connectivity index (χ1v) is 10.6. The van der Waals surface area contributed by atoms with Crippen LogP contribution in [0.5, 0.6) is 0 Å². The number of hydrogen-bond acceptors (Lipinski definition) is 0. The Morgan fingerprint density at radius 2 is 1.50 bits per heavy atom. The minimum absolute atomic E-state index is 0.542. The van der Waals surface area contributed by atoms with Gasteiger partial charge in [-0.2, -0.15) is 0 Å². The molecule has 4 rings (SSSR count). The lowest BCUT2D eigenvalue weighted by atomic mass is 9.84. The molecule has 1 aliphatic heterocycles. The Bertz CT molecular complexity index is 633. The first-order valence-electron chi connectivity index (χ1n) is 9.09. The maximum absolute atomic E-state index is 2.47. The van der Waals surface area contributed by atoms with Crippen LogP contribution in [0.1, 0.15) is 50.5 Å². The van der Waals surface area contributed by atoms with Gasteiger partial charge in [-0.3, -0.25) is 0 Å². The lowest BCUT2D eigenvalue weighted by Gasteiger charge is -2.21. The van der Waals surface area contributed by atoms with E-state index in [1.165, 1.54) is 73.6 Å². The van der Waals surface area contributed by atoms with Gasteiger partial charge in [-0.15, -0.1) is 0 Å². The summed E-state index contributed by atoms with van der Waals surface area (Å²) in [5, 5.41) is 2.89. The Morgan fingerprint density at radius 1 is 0.773 bits per heavy atom. The Labute approximate surface area is 137 Å². The van der Waals surface area contributed by atoms with E-state index in [-0.39, 0.29) is 0 Å². The maximum Gasteiger partial charge on any atom is 0.155 e. The molecule has 0 unspecified atom stereocenters. The smallest absolute Gasteiger partial charge is 0.0584 e. The lowest BCUT2D eigenvalue weighted by Crippen LogP contribution is -2.09. The highest BCUT2D eigenvalue weighted by atomic mass is 32.2. The third-order valence-electron chi connectivity index (χ3n) is 5.49. The van der Waals surface area contributed by atoms with Crippen molar-refractivity contribution in [1.29, 1.82) is 0 Å². The second-order valence-electron chi connectivity index (χ2n) is 7.16. The van der Waals surface area contributed by atoms with Gasteiger partial charge in [-0.25, -0.2) is 0 Å². The van der Waals surface area contributed by atoms with Gasteiger partial charge in [0.05, 0.1) is 0 Å². The average Bonchev–Trinajstić information content (AvgIpc) is 3.10. The van der Waals surface area contributed by atoms with Crippen LogP contribution in [0.15, 0.2) is 41.3 Å². The molecule has 0 spiro atoms. The van der Waals surface area contributed by atoms with E-state index in [1.54, 1.807) is 10.5 Å². The highest BCUT2D eigenvalue weighted by Crippen LogP contribution is 2.30. The minimum atomic E-state index is 0.542. The summed E-state index contributed by atoms with van der Waals surface area (Å²) in [6.07, 6.45) is 11.4. The van der Waals surface area contributed by atoms with Gasteiger partial charge in [0.2, 0.25) is 0 Å². The summed E-state index contributed by atoms with van der Waals surface area (Å²) < 4.78 is 0. The highest BCUT2D eigenvalue weighted by Gasteiger charge is 2.26. The molecule has 1 aliphatic carbocycles. The van der Waals surface area contributed by atoms with Gasteiger partial charge >= 0.3 is 0 Å². The van der Waals surface area contributed by atoms with E-state index in [0.717, 1.165) is 5.92 Å². The normalized spacial score (nSPS) is 20.7. The van der Waals surface area contributed by atoms with Gasteiger partial charge in [-0.05, 0) is 53.6 Å². The molecule has 2 fully saturated rings. The van der Waals surface area contributed by atoms with E-state index < -0.39 is 0 Å². The molecule has 22 heavy (non-hydrogen) atoms. The van der Waals surface area contributed by atoms with Gasteiger partial charge in [0.15, 0.2) is 4.90 Å². The molecule has 0 aromatic heterocycles. The predicted octanol–water partition coefficient (Wildman–Crippen LogP) is 5.73. The molecule has 0 amide bonds. The molecule has 2 aromatic rings. The minimum Gasteiger partial charge on any atom is -0.0584 e. The second-order valence-corrected chi connectivity index (χ2v) is 9.43. The Balaban J connectivity index is 1.54. The van der Waals surface area contributed by atoms with Crippen LogP contribution in [0.2, 0.25) is 0 Å². The monoisotopic (exact) mass is 311 g/mol. The second kappa shape index (κ2) is 6.66. The predicted molar refractivity (Wildman–Crippen MR) is 98.8 cm³/mol. The summed E-state index contributed by atoms with van der Waals surface area (Å²) >= 11 is 0. The van der Waals surface area contributed by atoms with Crippen molar-refractivity contribution < 1.29 is 0 Å². The van der Waals surface area contributed by atoms with Crippen LogP contribution >= 0.6 is 0 Å². The zero-order valence-electron chi connectivity index (χ0n) is 13.5. The largest absolute Gasteiger partial charge is 0.155 e. The summed E-state index contributed by atoms with van der Waals surface area (Å²) in [5.41, 5.74) is 1.55. The summed E-state index contributed by atoms with van der Waals surface area (Å²) in [4.78, 5) is 1.60. The summed E-state index contributed by atoms with van der Waals surface area (Å²) in [7, 11) is 0.542. The standard InChI is InChI=1S/C21H27S/c1-2-6-17(7-3-1)14-18-8-9-20-16-21(11-10-19(20)15-18)22-12-4-5-13-22/h8-11,15-17H,1-7,12-14H2/q+1. The summed E-state index contributed by atoms with van der Waals surface area (Å²) in [6, 6.07) is 14.5. The van der Waals surface area contributed by atoms with Crippen molar-refractivity contribution in [3.63, 3.8) is 0 Å². The van der Waals surface area contributed by atoms with Crippen LogP contribution in [-0.2, 0) is 17.3 Å². The molecule has 1 heterocycles. The molecule has 116 valence electrons. The first-order chi connectivity index (χ1) is 10.9. The Morgan fingerprint density at radius 3 is 2.32 bits per heavy atom.